The van der Waals surface area contributed by atoms with Gasteiger partial charge in [0.15, 0.2) is 6.10 Å². The van der Waals surface area contributed by atoms with Gasteiger partial charge in [-0.3, -0.25) is 0 Å². The second kappa shape index (κ2) is 32.2. The molecule has 29 nitrogen and oxygen atoms in total. The number of esters is 8. The molecule has 4 amide bonds. The quantitative estimate of drug-likeness (QED) is 0.0408. The number of carbonyl (C=O) groups is 12. The van der Waals surface area contributed by atoms with Gasteiger partial charge >= 0.3 is 72.1 Å². The van der Waals surface area contributed by atoms with Crippen molar-refractivity contribution in [2.45, 2.75) is 74.5 Å². The topological polar surface area (TPSA) is 373 Å². The number of alkyl carbamates (subject to hydrolysis) is 4. The largest absolute Gasteiger partial charge is 0.460 e. The van der Waals surface area contributed by atoms with Crippen LogP contribution in [0.15, 0.2) is 101 Å². The van der Waals surface area contributed by atoms with Crippen molar-refractivity contribution in [3.63, 3.8) is 0 Å². The van der Waals surface area contributed by atoms with Gasteiger partial charge in [-0.2, -0.15) is 0 Å². The highest BCUT2D eigenvalue weighted by Gasteiger charge is 2.54. The van der Waals surface area contributed by atoms with E-state index in [4.69, 9.17) is 61.6 Å². The maximum Gasteiger partial charge on any atom is 0.410 e. The monoisotopic (exact) mass is 1110 g/mol. The summed E-state index contributed by atoms with van der Waals surface area (Å²) in [5, 5.41) is 9.29. The molecule has 0 aliphatic carbocycles. The van der Waals surface area contributed by atoms with Gasteiger partial charge in [0.25, 0.3) is 0 Å². The highest BCUT2D eigenvalue weighted by Crippen LogP contribution is 2.30. The lowest BCUT2D eigenvalue weighted by Gasteiger charge is -2.32. The van der Waals surface area contributed by atoms with E-state index in [2.05, 4.69) is 73.9 Å². The van der Waals surface area contributed by atoms with Gasteiger partial charge in [-0.15, -0.1) is 0 Å². The fourth-order valence-electron chi connectivity index (χ4n) is 5.58. The Morgan fingerprint density at radius 3 is 0.808 bits per heavy atom. The van der Waals surface area contributed by atoms with Gasteiger partial charge in [-0.05, 0) is 27.7 Å². The van der Waals surface area contributed by atoms with Gasteiger partial charge < -0.3 is 82.8 Å². The minimum absolute atomic E-state index is 0.654. The molecule has 4 atom stereocenters. The number of hydrogen-bond donors (Lipinski definition) is 4. The van der Waals surface area contributed by atoms with E-state index in [1.807, 2.05) is 0 Å². The summed E-state index contributed by atoms with van der Waals surface area (Å²) in [6.07, 6.45) is -8.13. The molecule has 0 aromatic heterocycles. The molecule has 1 aliphatic rings. The van der Waals surface area contributed by atoms with Crippen LogP contribution in [-0.2, 0) is 99.9 Å². The fourth-order valence-corrected chi connectivity index (χ4v) is 5.58. The number of carbonyl (C=O) groups excluding carboxylic acids is 12. The van der Waals surface area contributed by atoms with Gasteiger partial charge in [0, 0.05) is 48.6 Å². The Balaban J connectivity index is 4.08. The van der Waals surface area contributed by atoms with E-state index in [1.165, 1.54) is 27.7 Å². The second-order valence-corrected chi connectivity index (χ2v) is 17.0. The van der Waals surface area contributed by atoms with Gasteiger partial charge in [-0.25, -0.2) is 57.5 Å². The molecule has 0 saturated carbocycles. The van der Waals surface area contributed by atoms with Crippen molar-refractivity contribution in [3.8, 4) is 0 Å². The van der Waals surface area contributed by atoms with E-state index in [0.29, 0.717) is 0 Å². The molecule has 1 rings (SSSR count). The highest BCUT2D eigenvalue weighted by molar-refractivity contribution is 5.84. The number of nitrogens with one attached hydrogen (secondary N) is 4. The highest BCUT2D eigenvalue weighted by atomic mass is 16.8. The van der Waals surface area contributed by atoms with Crippen molar-refractivity contribution < 1.29 is 119 Å². The van der Waals surface area contributed by atoms with Crippen LogP contribution in [-0.4, -0.2) is 178 Å². The minimum atomic E-state index is -2.26. The molecule has 0 radical (unpaired) electrons. The SMILES string of the molecule is C=CC(=O)OCC(C)(COC(=O)C=C)NC(=O)OCC1OC(OC(=O)NC(C)(COC(=O)C=C)COC(=O)C=C)C(OC(=O)NC(C)(COC(=O)C=C)COC(=O)C=C)C1OC(=O)NC(C)(COC(=O)C=C)COC(=O)C=C. The van der Waals surface area contributed by atoms with Crippen LogP contribution in [0.3, 0.4) is 0 Å². The molecular formula is C49H62N4O25. The predicted molar refractivity (Wildman–Crippen MR) is 262 cm³/mol. The zero-order valence-electron chi connectivity index (χ0n) is 43.2. The first-order chi connectivity index (χ1) is 36.6. The average Bonchev–Trinajstić information content (AvgIpc) is 3.71. The van der Waals surface area contributed by atoms with Crippen LogP contribution >= 0.6 is 0 Å². The van der Waals surface area contributed by atoms with Crippen LogP contribution in [0.2, 0.25) is 0 Å². The summed E-state index contributed by atoms with van der Waals surface area (Å²) in [5.74, 6) is -7.82. The first kappa shape index (κ1) is 66.7. The van der Waals surface area contributed by atoms with Crippen molar-refractivity contribution in [2.24, 2.45) is 0 Å². The smallest absolute Gasteiger partial charge is 0.410 e. The van der Waals surface area contributed by atoms with Crippen LogP contribution in [0.1, 0.15) is 27.7 Å². The van der Waals surface area contributed by atoms with Crippen molar-refractivity contribution in [3.05, 3.63) is 101 Å². The molecule has 4 unspecified atom stereocenters. The van der Waals surface area contributed by atoms with Crippen LogP contribution in [0.25, 0.3) is 0 Å². The Bertz CT molecular complexity index is 2230. The van der Waals surface area contributed by atoms with Crippen LogP contribution in [0.4, 0.5) is 19.2 Å². The first-order valence-electron chi connectivity index (χ1n) is 22.5. The number of ether oxygens (including phenoxy) is 13. The zero-order valence-corrected chi connectivity index (χ0v) is 43.2. The van der Waals surface area contributed by atoms with E-state index in [-0.39, 0.29) is 0 Å². The molecule has 428 valence electrons. The van der Waals surface area contributed by atoms with Crippen LogP contribution < -0.4 is 21.3 Å². The molecule has 0 spiro atoms. The Morgan fingerprint density at radius 1 is 0.346 bits per heavy atom. The number of hydrogen-bond acceptors (Lipinski definition) is 25. The molecule has 29 heteroatoms. The molecule has 1 fully saturated rings. The van der Waals surface area contributed by atoms with Gasteiger partial charge in [0.2, 0.25) is 12.4 Å². The van der Waals surface area contributed by atoms with Gasteiger partial charge in [-0.1, -0.05) is 52.6 Å². The lowest BCUT2D eigenvalue weighted by molar-refractivity contribution is -0.149. The molecule has 0 aromatic rings. The molecule has 78 heavy (non-hydrogen) atoms. The summed E-state index contributed by atoms with van der Waals surface area (Å²) in [6, 6.07) is 0. The van der Waals surface area contributed by atoms with Crippen LogP contribution in [0.5, 0.6) is 0 Å². The number of rotatable bonds is 33. The summed E-state index contributed by atoms with van der Waals surface area (Å²) in [7, 11) is 0. The normalized spacial score (nSPS) is 15.6. The van der Waals surface area contributed by atoms with Crippen LogP contribution in [0, 0.1) is 0 Å². The summed E-state index contributed by atoms with van der Waals surface area (Å²) in [4.78, 5) is 152. The first-order valence-corrected chi connectivity index (χ1v) is 22.5. The van der Waals surface area contributed by atoms with E-state index < -0.39 is 178 Å². The standard InChI is InChI=1S/C49H62N4O25/c1-13-31(54)67-22-46(9,23-68-32(55)14-2)50-42(62)66-21-30-39(76-43(63)51-47(10,24-69-33(56)15-3)25-70-34(57)16-4)40(77-44(64)52-48(11,26-71-35(58)17-5)27-72-36(59)18-6)41(75-30)78-45(65)53-49(12,28-73-37(60)19-7)29-74-38(61)20-8/h13-20,30,39-41H,1-8,21-29H2,9-12H3,(H,50,62)(H,51,63)(H,52,64)(H,53,65). The molecule has 0 bridgehead atoms. The lowest BCUT2D eigenvalue weighted by atomic mass is 10.1. The van der Waals surface area contributed by atoms with E-state index in [9.17, 15) is 57.5 Å². The van der Waals surface area contributed by atoms with Crippen molar-refractivity contribution >= 4 is 72.1 Å². The molecule has 1 heterocycles. The summed E-state index contributed by atoms with van der Waals surface area (Å²) in [6.45, 7) is 24.5. The third kappa shape index (κ3) is 24.8. The predicted octanol–water partition coefficient (Wildman–Crippen LogP) is 1.22. The summed E-state index contributed by atoms with van der Waals surface area (Å²) in [5.41, 5.74) is -7.32. The average molecular weight is 1110 g/mol. The van der Waals surface area contributed by atoms with E-state index in [0.717, 1.165) is 48.6 Å². The number of amides is 4. The maximum atomic E-state index is 14.0. The van der Waals surface area contributed by atoms with Crippen molar-refractivity contribution in [1.29, 1.82) is 0 Å². The molecule has 1 aliphatic heterocycles. The Labute approximate surface area is 446 Å². The lowest BCUT2D eigenvalue weighted by Crippen LogP contribution is -2.57. The summed E-state index contributed by atoms with van der Waals surface area (Å²) < 4.78 is 68.9. The Kier molecular flexibility index (Phi) is 27.6. The van der Waals surface area contributed by atoms with Gasteiger partial charge in [0.1, 0.15) is 87.7 Å². The van der Waals surface area contributed by atoms with E-state index in [1.54, 1.807) is 0 Å². The zero-order chi connectivity index (χ0) is 59.3. The molecule has 0 aromatic carbocycles. The Morgan fingerprint density at radius 2 is 0.564 bits per heavy atom. The third-order valence-corrected chi connectivity index (χ3v) is 9.57. The molecule has 1 saturated heterocycles. The third-order valence-electron chi connectivity index (χ3n) is 9.57. The Hall–Kier alpha value is -9.28. The van der Waals surface area contributed by atoms with E-state index >= 15 is 0 Å². The van der Waals surface area contributed by atoms with Crippen molar-refractivity contribution in [2.75, 3.05) is 59.5 Å². The molecule has 4 N–H and O–H groups in total. The fraction of sp³-hybridized carbons (Fsp3) is 0.429. The van der Waals surface area contributed by atoms with Crippen molar-refractivity contribution in [1.82, 2.24) is 21.3 Å². The second-order valence-electron chi connectivity index (χ2n) is 17.0. The molecular weight excluding hydrogens is 1040 g/mol. The van der Waals surface area contributed by atoms with Gasteiger partial charge in [0.05, 0.1) is 0 Å². The maximum absolute atomic E-state index is 14.0. The summed E-state index contributed by atoms with van der Waals surface area (Å²) >= 11 is 0. The minimum Gasteiger partial charge on any atom is -0.460 e.